The van der Waals surface area contributed by atoms with Crippen LogP contribution in [-0.4, -0.2) is 65.8 Å². The van der Waals surface area contributed by atoms with Gasteiger partial charge in [-0.2, -0.15) is 0 Å². The molecule has 2 aliphatic rings. The summed E-state index contributed by atoms with van der Waals surface area (Å²) < 4.78 is 11.5. The Kier molecular flexibility index (Phi) is 6.00. The topological polar surface area (TPSA) is 62.2 Å². The predicted octanol–water partition coefficient (Wildman–Crippen LogP) is 2.13. The molecular formula is C20H31NO4. The Hall–Kier alpha value is -1.14. The second-order valence-corrected chi connectivity index (χ2v) is 7.88. The number of β-amino-alcohol motifs (C(OH)–C–C–N with tert-alkyl or cyclic N) is 2. The molecule has 1 aromatic rings. The van der Waals surface area contributed by atoms with Crippen molar-refractivity contribution in [2.75, 3.05) is 39.5 Å². The molecule has 0 aromatic heterocycles. The molecule has 25 heavy (non-hydrogen) atoms. The Labute approximate surface area is 150 Å². The molecule has 1 atom stereocenters. The van der Waals surface area contributed by atoms with Crippen molar-refractivity contribution in [3.05, 3.63) is 29.8 Å². The van der Waals surface area contributed by atoms with Gasteiger partial charge in [0.1, 0.15) is 18.0 Å². The molecule has 140 valence electrons. The fourth-order valence-corrected chi connectivity index (χ4v) is 3.93. The molecule has 1 aromatic carbocycles. The van der Waals surface area contributed by atoms with Crippen molar-refractivity contribution < 1.29 is 19.7 Å². The molecule has 5 heteroatoms. The maximum absolute atomic E-state index is 11.0. The monoisotopic (exact) mass is 349 g/mol. The van der Waals surface area contributed by atoms with E-state index in [0.29, 0.717) is 19.7 Å². The molecule has 3 rings (SSSR count). The number of rotatable bonds is 5. The highest BCUT2D eigenvalue weighted by atomic mass is 16.5. The second kappa shape index (κ2) is 8.04. The van der Waals surface area contributed by atoms with Gasteiger partial charge in [-0.15, -0.1) is 0 Å². The van der Waals surface area contributed by atoms with Crippen LogP contribution in [0.2, 0.25) is 0 Å². The fourth-order valence-electron chi connectivity index (χ4n) is 3.93. The summed E-state index contributed by atoms with van der Waals surface area (Å²) in [6.07, 6.45) is 5.08. The molecule has 1 heterocycles. The molecule has 0 spiro atoms. The average Bonchev–Trinajstić information content (AvgIpc) is 2.75. The third-order valence-corrected chi connectivity index (χ3v) is 5.24. The Bertz CT molecular complexity index is 558. The van der Waals surface area contributed by atoms with Gasteiger partial charge in [0, 0.05) is 19.6 Å². The molecule has 0 radical (unpaired) electrons. The van der Waals surface area contributed by atoms with Crippen molar-refractivity contribution in [1.82, 2.24) is 4.90 Å². The van der Waals surface area contributed by atoms with Gasteiger partial charge in [-0.3, -0.25) is 4.90 Å². The van der Waals surface area contributed by atoms with E-state index >= 15 is 0 Å². The van der Waals surface area contributed by atoms with Gasteiger partial charge < -0.3 is 19.7 Å². The molecule has 1 saturated carbocycles. The normalized spacial score (nSPS) is 27.6. The minimum atomic E-state index is -1.06. The van der Waals surface area contributed by atoms with Crippen molar-refractivity contribution in [3.8, 4) is 5.75 Å². The number of hydrogen-bond donors (Lipinski definition) is 2. The highest BCUT2D eigenvalue weighted by Gasteiger charge is 2.37. The van der Waals surface area contributed by atoms with Gasteiger partial charge in [0.25, 0.3) is 0 Å². The van der Waals surface area contributed by atoms with Gasteiger partial charge in [0.05, 0.1) is 18.8 Å². The quantitative estimate of drug-likeness (QED) is 0.853. The van der Waals surface area contributed by atoms with E-state index < -0.39 is 11.2 Å². The summed E-state index contributed by atoms with van der Waals surface area (Å²) >= 11 is 0. The predicted molar refractivity (Wildman–Crippen MR) is 96.9 cm³/mol. The van der Waals surface area contributed by atoms with Crippen molar-refractivity contribution in [2.24, 2.45) is 0 Å². The Morgan fingerprint density at radius 1 is 1.16 bits per heavy atom. The van der Waals surface area contributed by atoms with E-state index in [1.54, 1.807) is 0 Å². The standard InChI is InChI=1S/C20H31NO4/c1-17-6-5-7-18(12-17)25-16-20(23)14-21(10-11-24-15-20)13-19(22)8-3-2-4-9-19/h5-7,12,22-23H,2-4,8-11,13-16H2,1H3/t20-/m1/s1. The highest BCUT2D eigenvalue weighted by molar-refractivity contribution is 5.27. The first-order valence-corrected chi connectivity index (χ1v) is 9.41. The average molecular weight is 349 g/mol. The SMILES string of the molecule is Cc1cccc(OC[C@]2(O)COCCN(CC3(O)CCCCC3)C2)c1. The molecule has 0 bridgehead atoms. The van der Waals surface area contributed by atoms with Crippen LogP contribution in [0.5, 0.6) is 5.75 Å². The van der Waals surface area contributed by atoms with Crippen molar-refractivity contribution in [1.29, 1.82) is 0 Å². The molecule has 0 amide bonds. The highest BCUT2D eigenvalue weighted by Crippen LogP contribution is 2.29. The van der Waals surface area contributed by atoms with Crippen molar-refractivity contribution in [2.45, 2.75) is 50.2 Å². The number of hydrogen-bond acceptors (Lipinski definition) is 5. The number of aliphatic hydroxyl groups is 2. The maximum atomic E-state index is 11.0. The summed E-state index contributed by atoms with van der Waals surface area (Å²) in [5.74, 6) is 0.759. The lowest BCUT2D eigenvalue weighted by Crippen LogP contribution is -2.53. The van der Waals surface area contributed by atoms with Gasteiger partial charge in [-0.05, 0) is 37.5 Å². The van der Waals surface area contributed by atoms with Crippen LogP contribution in [-0.2, 0) is 4.74 Å². The summed E-state index contributed by atoms with van der Waals surface area (Å²) in [5.41, 5.74) is -0.561. The number of benzene rings is 1. The molecule has 1 aliphatic heterocycles. The van der Waals surface area contributed by atoms with Crippen molar-refractivity contribution in [3.63, 3.8) is 0 Å². The van der Waals surface area contributed by atoms with E-state index in [9.17, 15) is 10.2 Å². The van der Waals surface area contributed by atoms with Crippen LogP contribution in [0.4, 0.5) is 0 Å². The van der Waals surface area contributed by atoms with Gasteiger partial charge in [-0.1, -0.05) is 31.4 Å². The molecule has 2 N–H and O–H groups in total. The summed E-state index contributed by atoms with van der Waals surface area (Å²) in [6.45, 7) is 4.82. The number of aryl methyl sites for hydroxylation is 1. The van der Waals surface area contributed by atoms with E-state index in [-0.39, 0.29) is 13.2 Å². The van der Waals surface area contributed by atoms with Crippen LogP contribution in [0, 0.1) is 6.92 Å². The first-order valence-electron chi connectivity index (χ1n) is 9.41. The van der Waals surface area contributed by atoms with Crippen LogP contribution in [0.1, 0.15) is 37.7 Å². The minimum Gasteiger partial charge on any atom is -0.490 e. The smallest absolute Gasteiger partial charge is 0.134 e. The molecular weight excluding hydrogens is 318 g/mol. The van der Waals surface area contributed by atoms with Gasteiger partial charge in [-0.25, -0.2) is 0 Å². The first kappa shape index (κ1) is 18.6. The Morgan fingerprint density at radius 2 is 1.96 bits per heavy atom. The Balaban J connectivity index is 1.59. The second-order valence-electron chi connectivity index (χ2n) is 7.88. The van der Waals surface area contributed by atoms with Gasteiger partial charge in [0.2, 0.25) is 0 Å². The van der Waals surface area contributed by atoms with E-state index in [1.165, 1.54) is 6.42 Å². The summed E-state index contributed by atoms with van der Waals surface area (Å²) in [7, 11) is 0. The zero-order valence-corrected chi connectivity index (χ0v) is 15.2. The van der Waals surface area contributed by atoms with Gasteiger partial charge in [0.15, 0.2) is 0 Å². The molecule has 1 saturated heterocycles. The zero-order valence-electron chi connectivity index (χ0n) is 15.2. The van der Waals surface area contributed by atoms with E-state index in [1.807, 2.05) is 31.2 Å². The summed E-state index contributed by atoms with van der Waals surface area (Å²) in [5, 5.41) is 21.8. The minimum absolute atomic E-state index is 0.186. The summed E-state index contributed by atoms with van der Waals surface area (Å²) in [6, 6.07) is 7.83. The zero-order chi connectivity index (χ0) is 17.8. The van der Waals surface area contributed by atoms with Crippen LogP contribution in [0.15, 0.2) is 24.3 Å². The lowest BCUT2D eigenvalue weighted by Gasteiger charge is -2.38. The molecule has 2 fully saturated rings. The van der Waals surface area contributed by atoms with E-state index in [4.69, 9.17) is 9.47 Å². The molecule has 1 aliphatic carbocycles. The van der Waals surface area contributed by atoms with Crippen LogP contribution >= 0.6 is 0 Å². The first-order chi connectivity index (χ1) is 12.0. The molecule has 0 unspecified atom stereocenters. The van der Waals surface area contributed by atoms with Crippen LogP contribution in [0.3, 0.4) is 0 Å². The third-order valence-electron chi connectivity index (χ3n) is 5.24. The third kappa shape index (κ3) is 5.42. The number of nitrogens with zero attached hydrogens (tertiary/aromatic N) is 1. The van der Waals surface area contributed by atoms with E-state index in [2.05, 4.69) is 4.90 Å². The Morgan fingerprint density at radius 3 is 2.72 bits per heavy atom. The lowest BCUT2D eigenvalue weighted by atomic mass is 9.84. The maximum Gasteiger partial charge on any atom is 0.134 e. The number of ether oxygens (including phenoxy) is 2. The van der Waals surface area contributed by atoms with E-state index in [0.717, 1.165) is 43.5 Å². The molecule has 5 nitrogen and oxygen atoms in total. The van der Waals surface area contributed by atoms with Crippen LogP contribution in [0.25, 0.3) is 0 Å². The fraction of sp³-hybridized carbons (Fsp3) is 0.700. The lowest BCUT2D eigenvalue weighted by molar-refractivity contribution is -0.0759. The summed E-state index contributed by atoms with van der Waals surface area (Å²) in [4.78, 5) is 2.14. The van der Waals surface area contributed by atoms with Crippen LogP contribution < -0.4 is 4.74 Å². The largest absolute Gasteiger partial charge is 0.490 e. The van der Waals surface area contributed by atoms with Crippen molar-refractivity contribution >= 4 is 0 Å². The van der Waals surface area contributed by atoms with Gasteiger partial charge >= 0.3 is 0 Å².